The predicted octanol–water partition coefficient (Wildman–Crippen LogP) is 3.53. The highest BCUT2D eigenvalue weighted by atomic mass is 16.5. The molecule has 1 saturated heterocycles. The minimum absolute atomic E-state index is 0.343. The van der Waals surface area contributed by atoms with Crippen molar-refractivity contribution in [2.45, 2.75) is 45.3 Å². The molecule has 0 unspecified atom stereocenters. The summed E-state index contributed by atoms with van der Waals surface area (Å²) < 4.78 is 11.1. The molecule has 1 aromatic carbocycles. The number of rotatable bonds is 8. The van der Waals surface area contributed by atoms with Crippen LogP contribution in [0.5, 0.6) is 6.01 Å². The van der Waals surface area contributed by atoms with Crippen LogP contribution < -0.4 is 10.5 Å². The Morgan fingerprint density at radius 2 is 1.87 bits per heavy atom. The van der Waals surface area contributed by atoms with Gasteiger partial charge in [0, 0.05) is 44.9 Å². The van der Waals surface area contributed by atoms with Crippen molar-refractivity contribution in [1.82, 2.24) is 19.9 Å². The Morgan fingerprint density at radius 3 is 2.57 bits per heavy atom. The second-order valence-electron chi connectivity index (χ2n) is 7.98. The molecule has 0 spiro atoms. The second kappa shape index (κ2) is 9.45. The van der Waals surface area contributed by atoms with Crippen molar-refractivity contribution in [2.75, 3.05) is 32.5 Å². The Balaban J connectivity index is 1.43. The molecule has 0 radical (unpaired) electrons. The number of nitrogens with zero attached hydrogens (tertiary/aromatic N) is 3. The molecule has 0 amide bonds. The van der Waals surface area contributed by atoms with E-state index >= 15 is 0 Å². The minimum atomic E-state index is 0.343. The number of benzene rings is 1. The molecule has 160 valence electrons. The standard InChI is InChI=1S/C23H31N5O2/c1-3-12-30-23-26-20-18(14-25-21(20)22(24)27-23)13-16-4-6-17(7-5-16)15-28-10-8-19(29-2)9-11-28/h4-7,14,19,25H,3,8-13,15H2,1-2H3,(H2,24,26,27). The van der Waals surface area contributed by atoms with Gasteiger partial charge < -0.3 is 20.2 Å². The monoisotopic (exact) mass is 409 g/mol. The van der Waals surface area contributed by atoms with Crippen LogP contribution in [0, 0.1) is 0 Å². The van der Waals surface area contributed by atoms with Crippen molar-refractivity contribution in [2.24, 2.45) is 0 Å². The number of methoxy groups -OCH3 is 1. The number of ether oxygens (including phenoxy) is 2. The van der Waals surface area contributed by atoms with Gasteiger partial charge in [0.15, 0.2) is 5.82 Å². The molecule has 3 heterocycles. The number of nitrogen functional groups attached to an aromatic ring is 1. The van der Waals surface area contributed by atoms with E-state index in [1.807, 2.05) is 13.3 Å². The third-order valence-electron chi connectivity index (χ3n) is 5.74. The van der Waals surface area contributed by atoms with Crippen molar-refractivity contribution in [3.63, 3.8) is 0 Å². The van der Waals surface area contributed by atoms with Gasteiger partial charge >= 0.3 is 6.01 Å². The van der Waals surface area contributed by atoms with E-state index in [4.69, 9.17) is 15.2 Å². The van der Waals surface area contributed by atoms with Gasteiger partial charge in [0.05, 0.1) is 12.7 Å². The first-order valence-electron chi connectivity index (χ1n) is 10.8. The molecule has 30 heavy (non-hydrogen) atoms. The smallest absolute Gasteiger partial charge is 0.319 e. The Morgan fingerprint density at radius 1 is 1.13 bits per heavy atom. The van der Waals surface area contributed by atoms with E-state index in [0.717, 1.165) is 61.9 Å². The summed E-state index contributed by atoms with van der Waals surface area (Å²) in [4.78, 5) is 14.5. The minimum Gasteiger partial charge on any atom is -0.463 e. The van der Waals surface area contributed by atoms with Crippen LogP contribution in [0.3, 0.4) is 0 Å². The lowest BCUT2D eigenvalue weighted by atomic mass is 10.0. The van der Waals surface area contributed by atoms with Crippen LogP contribution in [0.15, 0.2) is 30.5 Å². The maximum absolute atomic E-state index is 6.09. The average Bonchev–Trinajstić information content (AvgIpc) is 3.17. The number of aromatic amines is 1. The zero-order valence-electron chi connectivity index (χ0n) is 17.9. The summed E-state index contributed by atoms with van der Waals surface area (Å²) in [7, 11) is 1.81. The zero-order chi connectivity index (χ0) is 20.9. The van der Waals surface area contributed by atoms with Crippen LogP contribution in [-0.2, 0) is 17.7 Å². The van der Waals surface area contributed by atoms with Crippen molar-refractivity contribution < 1.29 is 9.47 Å². The van der Waals surface area contributed by atoms with E-state index in [9.17, 15) is 0 Å². The number of nitrogens with one attached hydrogen (secondary N) is 1. The van der Waals surface area contributed by atoms with E-state index in [1.54, 1.807) is 0 Å². The zero-order valence-corrected chi connectivity index (χ0v) is 17.9. The van der Waals surface area contributed by atoms with Gasteiger partial charge in [-0.15, -0.1) is 0 Å². The Kier molecular flexibility index (Phi) is 6.50. The Labute approximate surface area is 177 Å². The number of aromatic nitrogens is 3. The first-order chi connectivity index (χ1) is 14.7. The van der Waals surface area contributed by atoms with Gasteiger partial charge in [-0.1, -0.05) is 31.2 Å². The molecular weight excluding hydrogens is 378 g/mol. The highest BCUT2D eigenvalue weighted by molar-refractivity contribution is 5.87. The molecule has 1 aliphatic heterocycles. The summed E-state index contributed by atoms with van der Waals surface area (Å²) in [5.74, 6) is 0.421. The van der Waals surface area contributed by atoms with Crippen molar-refractivity contribution in [3.8, 4) is 6.01 Å². The van der Waals surface area contributed by atoms with Crippen LogP contribution in [0.2, 0.25) is 0 Å². The van der Waals surface area contributed by atoms with E-state index in [1.165, 1.54) is 11.1 Å². The molecule has 4 rings (SSSR count). The van der Waals surface area contributed by atoms with Crippen molar-refractivity contribution >= 4 is 16.9 Å². The molecule has 1 aliphatic rings. The Bertz CT molecular complexity index is 962. The van der Waals surface area contributed by atoms with Crippen LogP contribution in [0.1, 0.15) is 42.9 Å². The van der Waals surface area contributed by atoms with Crippen LogP contribution >= 0.6 is 0 Å². The molecular formula is C23H31N5O2. The van der Waals surface area contributed by atoms with Gasteiger partial charge in [0.2, 0.25) is 0 Å². The molecule has 3 aromatic rings. The van der Waals surface area contributed by atoms with Crippen LogP contribution in [0.25, 0.3) is 11.0 Å². The number of anilines is 1. The third kappa shape index (κ3) is 4.74. The second-order valence-corrected chi connectivity index (χ2v) is 7.98. The SMILES string of the molecule is CCCOc1nc(N)c2[nH]cc(Cc3ccc(CN4CCC(OC)CC4)cc3)c2n1. The number of nitrogens with two attached hydrogens (primary N) is 1. The summed E-state index contributed by atoms with van der Waals surface area (Å²) in [6, 6.07) is 9.21. The summed E-state index contributed by atoms with van der Waals surface area (Å²) in [5, 5.41) is 0. The number of piperidine rings is 1. The normalized spacial score (nSPS) is 15.7. The molecule has 7 nitrogen and oxygen atoms in total. The van der Waals surface area contributed by atoms with Crippen molar-refractivity contribution in [1.29, 1.82) is 0 Å². The molecule has 1 fully saturated rings. The van der Waals surface area contributed by atoms with Crippen LogP contribution in [-0.4, -0.2) is 52.8 Å². The number of likely N-dealkylation sites (tertiary alicyclic amines) is 1. The van der Waals surface area contributed by atoms with Gasteiger partial charge in [-0.3, -0.25) is 4.90 Å². The lowest BCUT2D eigenvalue weighted by Gasteiger charge is -2.31. The number of hydrogen-bond donors (Lipinski definition) is 2. The molecule has 2 aromatic heterocycles. The number of hydrogen-bond acceptors (Lipinski definition) is 6. The van der Waals surface area contributed by atoms with Gasteiger partial charge in [0.1, 0.15) is 11.0 Å². The van der Waals surface area contributed by atoms with Gasteiger partial charge in [0.25, 0.3) is 0 Å². The number of fused-ring (bicyclic) bond motifs is 1. The average molecular weight is 410 g/mol. The number of H-pyrrole nitrogens is 1. The largest absolute Gasteiger partial charge is 0.463 e. The molecule has 7 heteroatoms. The fourth-order valence-electron chi connectivity index (χ4n) is 4.00. The Hall–Kier alpha value is -2.64. The first-order valence-corrected chi connectivity index (χ1v) is 10.8. The van der Waals surface area contributed by atoms with Crippen molar-refractivity contribution in [3.05, 3.63) is 47.2 Å². The molecule has 0 atom stereocenters. The van der Waals surface area contributed by atoms with Gasteiger partial charge in [-0.25, -0.2) is 0 Å². The third-order valence-corrected chi connectivity index (χ3v) is 5.74. The predicted molar refractivity (Wildman–Crippen MR) is 119 cm³/mol. The lowest BCUT2D eigenvalue weighted by molar-refractivity contribution is 0.0388. The summed E-state index contributed by atoms with van der Waals surface area (Å²) in [5.41, 5.74) is 11.4. The topological polar surface area (TPSA) is 89.3 Å². The van der Waals surface area contributed by atoms with Crippen LogP contribution in [0.4, 0.5) is 5.82 Å². The molecule has 0 aliphatic carbocycles. The summed E-state index contributed by atoms with van der Waals surface area (Å²) in [6.45, 7) is 5.81. The fraction of sp³-hybridized carbons (Fsp3) is 0.478. The molecule has 0 saturated carbocycles. The highest BCUT2D eigenvalue weighted by Gasteiger charge is 2.18. The molecule has 3 N–H and O–H groups in total. The van der Waals surface area contributed by atoms with Gasteiger partial charge in [-0.05, 0) is 30.4 Å². The first kappa shape index (κ1) is 20.6. The lowest BCUT2D eigenvalue weighted by Crippen LogP contribution is -2.36. The quantitative estimate of drug-likeness (QED) is 0.592. The van der Waals surface area contributed by atoms with E-state index in [2.05, 4.69) is 51.0 Å². The highest BCUT2D eigenvalue weighted by Crippen LogP contribution is 2.25. The van der Waals surface area contributed by atoms with E-state index in [-0.39, 0.29) is 0 Å². The summed E-state index contributed by atoms with van der Waals surface area (Å²) in [6.07, 6.45) is 6.30. The fourth-order valence-corrected chi connectivity index (χ4v) is 4.00. The van der Waals surface area contributed by atoms with Gasteiger partial charge in [-0.2, -0.15) is 9.97 Å². The maximum Gasteiger partial charge on any atom is 0.319 e. The maximum atomic E-state index is 6.09. The summed E-state index contributed by atoms with van der Waals surface area (Å²) >= 11 is 0. The molecule has 0 bridgehead atoms. The van der Waals surface area contributed by atoms with E-state index < -0.39 is 0 Å². The van der Waals surface area contributed by atoms with E-state index in [0.29, 0.717) is 24.5 Å².